The molecule has 98 valence electrons. The summed E-state index contributed by atoms with van der Waals surface area (Å²) < 4.78 is 0. The Labute approximate surface area is 116 Å². The predicted octanol–water partition coefficient (Wildman–Crippen LogP) is 1.87. The number of rotatable bonds is 1. The Morgan fingerprint density at radius 3 is 2.05 bits per heavy atom. The maximum absolute atomic E-state index is 12.5. The molecule has 1 aromatic rings. The first-order chi connectivity index (χ1) is 9.70. The molecule has 0 unspecified atom stereocenters. The highest BCUT2D eigenvalue weighted by Gasteiger charge is 2.59. The summed E-state index contributed by atoms with van der Waals surface area (Å²) in [5.74, 6) is -0.0564. The zero-order valence-corrected chi connectivity index (χ0v) is 10.7. The molecule has 3 aliphatic rings. The average Bonchev–Trinajstić information content (AvgIpc) is 3.14. The van der Waals surface area contributed by atoms with E-state index in [0.717, 1.165) is 6.42 Å². The first-order valence-corrected chi connectivity index (χ1v) is 6.77. The highest BCUT2D eigenvalue weighted by atomic mass is 16.2. The minimum Gasteiger partial charge on any atom is -0.274 e. The van der Waals surface area contributed by atoms with Gasteiger partial charge in [0.1, 0.15) is 0 Å². The molecule has 2 fully saturated rings. The molecule has 4 nitrogen and oxygen atoms in total. The highest BCUT2D eigenvalue weighted by molar-refractivity contribution is 6.22. The van der Waals surface area contributed by atoms with Gasteiger partial charge in [-0.3, -0.25) is 14.5 Å². The lowest BCUT2D eigenvalue weighted by atomic mass is 9.85. The van der Waals surface area contributed by atoms with E-state index in [0.29, 0.717) is 11.3 Å². The molecule has 1 saturated carbocycles. The van der Waals surface area contributed by atoms with Crippen LogP contribution in [0.15, 0.2) is 36.4 Å². The van der Waals surface area contributed by atoms with Crippen LogP contribution in [0.25, 0.3) is 0 Å². The molecule has 0 N–H and O–H groups in total. The van der Waals surface area contributed by atoms with Gasteiger partial charge in [-0.15, -0.1) is 0 Å². The standard InChI is InChI=1S/C16H12N2O2/c17-8-9-1-5-12(6-2-9)18-15(19)13-10-3-4-11(7-10)14(13)16(18)20/h1-6,10-11,13-14H,7H2/t10-,11-,13+,14+/m0/s1. The van der Waals surface area contributed by atoms with Gasteiger partial charge in [0.25, 0.3) is 0 Å². The Kier molecular flexibility index (Phi) is 2.17. The molecule has 1 heterocycles. The third kappa shape index (κ3) is 1.30. The van der Waals surface area contributed by atoms with Crippen molar-refractivity contribution in [3.8, 4) is 6.07 Å². The maximum atomic E-state index is 12.5. The fraction of sp³-hybridized carbons (Fsp3) is 0.312. The van der Waals surface area contributed by atoms with Crippen LogP contribution < -0.4 is 4.90 Å². The van der Waals surface area contributed by atoms with E-state index in [1.165, 1.54) is 4.90 Å². The first kappa shape index (κ1) is 11.4. The van der Waals surface area contributed by atoms with E-state index in [-0.39, 0.29) is 35.5 Å². The predicted molar refractivity (Wildman–Crippen MR) is 71.4 cm³/mol. The second-order valence-corrected chi connectivity index (χ2v) is 5.67. The normalized spacial score (nSPS) is 33.6. The van der Waals surface area contributed by atoms with Crippen molar-refractivity contribution in [3.63, 3.8) is 0 Å². The number of amides is 2. The summed E-state index contributed by atoms with van der Waals surface area (Å²) in [6.45, 7) is 0. The van der Waals surface area contributed by atoms with Crippen molar-refractivity contribution >= 4 is 17.5 Å². The van der Waals surface area contributed by atoms with Gasteiger partial charge in [0.2, 0.25) is 11.8 Å². The monoisotopic (exact) mass is 264 g/mol. The van der Waals surface area contributed by atoms with Gasteiger partial charge in [-0.05, 0) is 42.5 Å². The van der Waals surface area contributed by atoms with Crippen LogP contribution in [0.5, 0.6) is 0 Å². The summed E-state index contributed by atoms with van der Waals surface area (Å²) in [6.07, 6.45) is 5.10. The number of allylic oxidation sites excluding steroid dienone is 2. The van der Waals surface area contributed by atoms with Gasteiger partial charge in [-0.2, -0.15) is 5.26 Å². The Balaban J connectivity index is 1.72. The van der Waals surface area contributed by atoms with E-state index < -0.39 is 0 Å². The molecule has 2 amide bonds. The lowest BCUT2D eigenvalue weighted by Gasteiger charge is -2.17. The number of hydrogen-bond donors (Lipinski definition) is 0. The summed E-state index contributed by atoms with van der Waals surface area (Å²) in [4.78, 5) is 26.4. The van der Waals surface area contributed by atoms with Gasteiger partial charge in [0.05, 0.1) is 29.2 Å². The van der Waals surface area contributed by atoms with Crippen LogP contribution >= 0.6 is 0 Å². The van der Waals surface area contributed by atoms with E-state index >= 15 is 0 Å². The molecule has 0 aromatic heterocycles. The maximum Gasteiger partial charge on any atom is 0.238 e. The van der Waals surface area contributed by atoms with Crippen LogP contribution in [0.3, 0.4) is 0 Å². The lowest BCUT2D eigenvalue weighted by Crippen LogP contribution is -2.32. The Hall–Kier alpha value is -2.41. The number of anilines is 1. The van der Waals surface area contributed by atoms with Crippen molar-refractivity contribution < 1.29 is 9.59 Å². The Morgan fingerprint density at radius 2 is 1.55 bits per heavy atom. The fourth-order valence-corrected chi connectivity index (χ4v) is 3.84. The van der Waals surface area contributed by atoms with Gasteiger partial charge in [0.15, 0.2) is 0 Å². The van der Waals surface area contributed by atoms with Gasteiger partial charge in [-0.1, -0.05) is 12.2 Å². The SMILES string of the molecule is N#Cc1ccc(N2C(=O)[C@H]3[C@H](C2=O)[C@H]2C=C[C@H]3C2)cc1. The third-order valence-corrected chi connectivity index (χ3v) is 4.72. The molecule has 1 saturated heterocycles. The van der Waals surface area contributed by atoms with Gasteiger partial charge < -0.3 is 0 Å². The minimum absolute atomic E-state index is 0.0819. The van der Waals surface area contributed by atoms with E-state index in [1.807, 2.05) is 6.07 Å². The van der Waals surface area contributed by atoms with Crippen LogP contribution in [0, 0.1) is 35.0 Å². The quantitative estimate of drug-likeness (QED) is 0.574. The lowest BCUT2D eigenvalue weighted by molar-refractivity contribution is -0.123. The zero-order valence-electron chi connectivity index (χ0n) is 10.7. The number of imide groups is 1. The Bertz CT molecular complexity index is 653. The summed E-state index contributed by atoms with van der Waals surface area (Å²) >= 11 is 0. The number of benzene rings is 1. The second-order valence-electron chi connectivity index (χ2n) is 5.67. The van der Waals surface area contributed by atoms with Crippen molar-refractivity contribution in [2.75, 3.05) is 4.90 Å². The Morgan fingerprint density at radius 1 is 1.00 bits per heavy atom. The van der Waals surface area contributed by atoms with Crippen molar-refractivity contribution in [2.24, 2.45) is 23.7 Å². The minimum atomic E-state index is -0.173. The van der Waals surface area contributed by atoms with E-state index in [9.17, 15) is 9.59 Å². The molecule has 20 heavy (non-hydrogen) atoms. The fourth-order valence-electron chi connectivity index (χ4n) is 3.84. The molecule has 1 aromatic carbocycles. The average molecular weight is 264 g/mol. The summed E-state index contributed by atoms with van der Waals surface area (Å²) in [5, 5.41) is 8.80. The van der Waals surface area contributed by atoms with Gasteiger partial charge in [0, 0.05) is 0 Å². The van der Waals surface area contributed by atoms with Crippen molar-refractivity contribution in [2.45, 2.75) is 6.42 Å². The van der Waals surface area contributed by atoms with Crippen molar-refractivity contribution in [3.05, 3.63) is 42.0 Å². The number of hydrogen-bond acceptors (Lipinski definition) is 3. The van der Waals surface area contributed by atoms with Gasteiger partial charge in [-0.25, -0.2) is 0 Å². The van der Waals surface area contributed by atoms with E-state index in [2.05, 4.69) is 12.2 Å². The van der Waals surface area contributed by atoms with Crippen LogP contribution in [0.4, 0.5) is 5.69 Å². The molecule has 4 rings (SSSR count). The number of carbonyl (C=O) groups excluding carboxylic acids is 2. The molecule has 0 radical (unpaired) electrons. The molecule has 2 aliphatic carbocycles. The largest absolute Gasteiger partial charge is 0.274 e. The van der Waals surface area contributed by atoms with Gasteiger partial charge >= 0.3 is 0 Å². The van der Waals surface area contributed by atoms with E-state index in [4.69, 9.17) is 5.26 Å². The van der Waals surface area contributed by atoms with Crippen LogP contribution in [-0.2, 0) is 9.59 Å². The molecule has 0 spiro atoms. The summed E-state index contributed by atoms with van der Waals surface area (Å²) in [5.41, 5.74) is 1.10. The molecule has 4 atom stereocenters. The van der Waals surface area contributed by atoms with E-state index in [1.54, 1.807) is 24.3 Å². The zero-order chi connectivity index (χ0) is 13.9. The van der Waals surface area contributed by atoms with Crippen molar-refractivity contribution in [1.29, 1.82) is 5.26 Å². The molecular formula is C16H12N2O2. The number of fused-ring (bicyclic) bond motifs is 5. The molecule has 2 bridgehead atoms. The summed E-state index contributed by atoms with van der Waals surface area (Å²) in [7, 11) is 0. The van der Waals surface area contributed by atoms with Crippen LogP contribution in [0.2, 0.25) is 0 Å². The first-order valence-electron chi connectivity index (χ1n) is 6.77. The summed E-state index contributed by atoms with van der Waals surface area (Å²) in [6, 6.07) is 8.65. The van der Waals surface area contributed by atoms with Crippen LogP contribution in [-0.4, -0.2) is 11.8 Å². The molecule has 4 heteroatoms. The smallest absolute Gasteiger partial charge is 0.238 e. The van der Waals surface area contributed by atoms with Crippen LogP contribution in [0.1, 0.15) is 12.0 Å². The second kappa shape index (κ2) is 3.80. The van der Waals surface area contributed by atoms with Crippen molar-refractivity contribution in [1.82, 2.24) is 0 Å². The molecule has 1 aliphatic heterocycles. The molecular weight excluding hydrogens is 252 g/mol. The topological polar surface area (TPSA) is 61.2 Å². The number of nitriles is 1. The number of carbonyl (C=O) groups is 2. The number of nitrogens with zero attached hydrogens (tertiary/aromatic N) is 2. The third-order valence-electron chi connectivity index (χ3n) is 4.72. The highest BCUT2D eigenvalue weighted by Crippen LogP contribution is 2.53.